The van der Waals surface area contributed by atoms with Gasteiger partial charge in [-0.25, -0.2) is 0 Å². The van der Waals surface area contributed by atoms with Gasteiger partial charge in [0, 0.05) is 23.7 Å². The molecule has 3 rings (SSSR count). The lowest BCUT2D eigenvalue weighted by Gasteiger charge is -2.13. The fourth-order valence-electron chi connectivity index (χ4n) is 2.27. The molecule has 4 heteroatoms. The van der Waals surface area contributed by atoms with Crippen molar-refractivity contribution in [3.05, 3.63) is 42.4 Å². The van der Waals surface area contributed by atoms with Gasteiger partial charge in [-0.05, 0) is 36.6 Å². The fourth-order valence-corrected chi connectivity index (χ4v) is 2.27. The first-order chi connectivity index (χ1) is 9.36. The average molecular weight is 256 g/mol. The summed E-state index contributed by atoms with van der Waals surface area (Å²) in [4.78, 5) is 18.0. The molecule has 2 aromatic heterocycles. The van der Waals surface area contributed by atoms with Crippen molar-refractivity contribution in [2.75, 3.05) is 0 Å². The van der Waals surface area contributed by atoms with Crippen LogP contribution in [-0.2, 0) is 9.53 Å². The van der Waals surface area contributed by atoms with Crippen LogP contribution < -0.4 is 0 Å². The van der Waals surface area contributed by atoms with E-state index >= 15 is 0 Å². The quantitative estimate of drug-likeness (QED) is 0.808. The van der Waals surface area contributed by atoms with Gasteiger partial charge in [0.2, 0.25) is 0 Å². The van der Waals surface area contributed by atoms with Crippen LogP contribution in [0.15, 0.2) is 36.7 Å². The number of ether oxygens (including phenoxy) is 1. The Morgan fingerprint density at radius 1 is 1.42 bits per heavy atom. The number of aromatic nitrogens is 2. The van der Waals surface area contributed by atoms with Gasteiger partial charge in [0.25, 0.3) is 6.47 Å². The number of H-pyrrole nitrogens is 1. The summed E-state index contributed by atoms with van der Waals surface area (Å²) in [6, 6.07) is 7.89. The molecule has 1 saturated carbocycles. The minimum absolute atomic E-state index is 0.157. The summed E-state index contributed by atoms with van der Waals surface area (Å²) in [7, 11) is 0. The number of pyridine rings is 1. The van der Waals surface area contributed by atoms with Crippen LogP contribution >= 0.6 is 0 Å². The molecule has 0 amide bonds. The molecule has 4 nitrogen and oxygen atoms in total. The summed E-state index contributed by atoms with van der Waals surface area (Å²) >= 11 is 0. The van der Waals surface area contributed by atoms with E-state index in [9.17, 15) is 4.79 Å². The van der Waals surface area contributed by atoms with Crippen LogP contribution in [0.1, 0.15) is 31.1 Å². The molecule has 1 aliphatic carbocycles. The van der Waals surface area contributed by atoms with E-state index in [0.717, 1.165) is 23.4 Å². The van der Waals surface area contributed by atoms with Gasteiger partial charge >= 0.3 is 0 Å². The Kier molecular flexibility index (Phi) is 3.31. The monoisotopic (exact) mass is 256 g/mol. The van der Waals surface area contributed by atoms with E-state index in [1.165, 1.54) is 12.8 Å². The molecule has 2 aromatic rings. The van der Waals surface area contributed by atoms with Crippen LogP contribution in [0.5, 0.6) is 0 Å². The highest BCUT2D eigenvalue weighted by Gasteiger charge is 2.28. The van der Waals surface area contributed by atoms with Gasteiger partial charge in [-0.15, -0.1) is 0 Å². The molecular weight excluding hydrogens is 240 g/mol. The van der Waals surface area contributed by atoms with Gasteiger partial charge in [0.05, 0.1) is 5.69 Å². The molecule has 19 heavy (non-hydrogen) atoms. The maximum atomic E-state index is 10.6. The number of hydrogen-bond acceptors (Lipinski definition) is 3. The van der Waals surface area contributed by atoms with Crippen molar-refractivity contribution >= 4 is 6.47 Å². The van der Waals surface area contributed by atoms with E-state index in [-0.39, 0.29) is 6.10 Å². The van der Waals surface area contributed by atoms with Gasteiger partial charge < -0.3 is 9.72 Å². The molecule has 0 saturated heterocycles. The summed E-state index contributed by atoms with van der Waals surface area (Å²) in [5, 5.41) is 0. The van der Waals surface area contributed by atoms with Crippen LogP contribution in [0.4, 0.5) is 0 Å². The molecule has 98 valence electrons. The summed E-state index contributed by atoms with van der Waals surface area (Å²) in [5.74, 6) is 0.704. The third kappa shape index (κ3) is 2.84. The van der Waals surface area contributed by atoms with Crippen molar-refractivity contribution in [2.24, 2.45) is 5.92 Å². The first-order valence-electron chi connectivity index (χ1n) is 6.55. The Labute approximate surface area is 111 Å². The summed E-state index contributed by atoms with van der Waals surface area (Å²) in [6.07, 6.45) is 6.80. The molecule has 2 heterocycles. The predicted molar refractivity (Wildman–Crippen MR) is 71.3 cm³/mol. The molecule has 0 radical (unpaired) electrons. The number of rotatable bonds is 6. The lowest BCUT2D eigenvalue weighted by Crippen LogP contribution is -2.04. The van der Waals surface area contributed by atoms with Gasteiger partial charge in [-0.2, -0.15) is 0 Å². The third-order valence-corrected chi connectivity index (χ3v) is 3.49. The highest BCUT2D eigenvalue weighted by atomic mass is 16.5. The maximum Gasteiger partial charge on any atom is 0.293 e. The van der Waals surface area contributed by atoms with Crippen LogP contribution in [0.2, 0.25) is 0 Å². The minimum atomic E-state index is -0.157. The SMILES string of the molecule is O=COC(CC1CC1)c1ccc(-c2cccnc2)[nH]1. The topological polar surface area (TPSA) is 55.0 Å². The molecule has 1 unspecified atom stereocenters. The largest absolute Gasteiger partial charge is 0.458 e. The zero-order chi connectivity index (χ0) is 13.1. The molecule has 0 aliphatic heterocycles. The smallest absolute Gasteiger partial charge is 0.293 e. The van der Waals surface area contributed by atoms with Crippen molar-refractivity contribution in [3.8, 4) is 11.3 Å². The number of nitrogens with zero attached hydrogens (tertiary/aromatic N) is 1. The Balaban J connectivity index is 1.80. The standard InChI is InChI=1S/C15H16N2O2/c18-10-19-15(8-11-3-4-11)14-6-5-13(17-14)12-2-1-7-16-9-12/h1-2,5-7,9-11,15,17H,3-4,8H2. The van der Waals surface area contributed by atoms with Crippen LogP contribution in [0.25, 0.3) is 11.3 Å². The predicted octanol–water partition coefficient (Wildman–Crippen LogP) is 3.09. The van der Waals surface area contributed by atoms with Crippen LogP contribution in [0, 0.1) is 5.92 Å². The van der Waals surface area contributed by atoms with Crippen molar-refractivity contribution in [1.29, 1.82) is 0 Å². The van der Waals surface area contributed by atoms with E-state index in [0.29, 0.717) is 12.4 Å². The van der Waals surface area contributed by atoms with Crippen molar-refractivity contribution in [2.45, 2.75) is 25.4 Å². The molecule has 0 spiro atoms. The molecule has 1 atom stereocenters. The number of carbonyl (C=O) groups is 1. The molecule has 1 N–H and O–H groups in total. The number of nitrogens with one attached hydrogen (secondary N) is 1. The molecule has 1 fully saturated rings. The van der Waals surface area contributed by atoms with Crippen molar-refractivity contribution in [3.63, 3.8) is 0 Å². The summed E-state index contributed by atoms with van der Waals surface area (Å²) < 4.78 is 5.20. The van der Waals surface area contributed by atoms with E-state index in [1.807, 2.05) is 30.5 Å². The van der Waals surface area contributed by atoms with Gasteiger partial charge in [0.1, 0.15) is 6.10 Å². The fraction of sp³-hybridized carbons (Fsp3) is 0.333. The van der Waals surface area contributed by atoms with Crippen molar-refractivity contribution in [1.82, 2.24) is 9.97 Å². The second-order valence-electron chi connectivity index (χ2n) is 4.97. The molecule has 1 aliphatic rings. The number of aromatic amines is 1. The highest BCUT2D eigenvalue weighted by Crippen LogP contribution is 2.39. The lowest BCUT2D eigenvalue weighted by atomic mass is 10.1. The average Bonchev–Trinajstić information content (AvgIpc) is 3.13. The van der Waals surface area contributed by atoms with E-state index in [1.54, 1.807) is 6.20 Å². The first-order valence-corrected chi connectivity index (χ1v) is 6.55. The summed E-state index contributed by atoms with van der Waals surface area (Å²) in [6.45, 7) is 0.539. The second-order valence-corrected chi connectivity index (χ2v) is 4.97. The molecule has 0 aromatic carbocycles. The summed E-state index contributed by atoms with van der Waals surface area (Å²) in [5.41, 5.74) is 2.99. The third-order valence-electron chi connectivity index (χ3n) is 3.49. The molecule has 0 bridgehead atoms. The maximum absolute atomic E-state index is 10.6. The Morgan fingerprint density at radius 2 is 2.32 bits per heavy atom. The highest BCUT2D eigenvalue weighted by molar-refractivity contribution is 5.58. The van der Waals surface area contributed by atoms with Crippen LogP contribution in [-0.4, -0.2) is 16.4 Å². The minimum Gasteiger partial charge on any atom is -0.458 e. The van der Waals surface area contributed by atoms with Gasteiger partial charge in [-0.1, -0.05) is 12.8 Å². The molecular formula is C15H16N2O2. The Morgan fingerprint density at radius 3 is 3.00 bits per heavy atom. The normalized spacial score (nSPS) is 16.0. The second kappa shape index (κ2) is 5.26. The van der Waals surface area contributed by atoms with E-state index < -0.39 is 0 Å². The lowest BCUT2D eigenvalue weighted by molar-refractivity contribution is -0.134. The Bertz CT molecular complexity index is 546. The number of hydrogen-bond donors (Lipinski definition) is 1. The zero-order valence-electron chi connectivity index (χ0n) is 10.6. The van der Waals surface area contributed by atoms with E-state index in [2.05, 4.69) is 9.97 Å². The van der Waals surface area contributed by atoms with Crippen LogP contribution in [0.3, 0.4) is 0 Å². The Hall–Kier alpha value is -2.10. The zero-order valence-corrected chi connectivity index (χ0v) is 10.6. The van der Waals surface area contributed by atoms with Gasteiger partial charge in [0.15, 0.2) is 0 Å². The van der Waals surface area contributed by atoms with Crippen molar-refractivity contribution < 1.29 is 9.53 Å². The first kappa shape index (κ1) is 12.0. The van der Waals surface area contributed by atoms with Gasteiger partial charge in [-0.3, -0.25) is 9.78 Å². The van der Waals surface area contributed by atoms with E-state index in [4.69, 9.17) is 4.74 Å². The number of carbonyl (C=O) groups excluding carboxylic acids is 1.